The summed E-state index contributed by atoms with van der Waals surface area (Å²) in [6.07, 6.45) is 0. The fraction of sp³-hybridized carbons (Fsp3) is 0.400. The Hall–Kier alpha value is -2.21. The molecule has 4 N–H and O–H groups in total. The number of carbonyl (C=O) groups excluding carboxylic acids is 3. The molecule has 0 heterocycles. The predicted octanol–water partition coefficient (Wildman–Crippen LogP) is 0.927. The second-order valence-corrected chi connectivity index (χ2v) is 5.17. The number of ketones is 1. The Morgan fingerprint density at radius 1 is 1.24 bits per heavy atom. The van der Waals surface area contributed by atoms with Crippen LogP contribution in [0.15, 0.2) is 24.3 Å². The molecule has 0 saturated heterocycles. The number of anilines is 1. The van der Waals surface area contributed by atoms with E-state index in [1.54, 1.807) is 24.3 Å². The molecule has 6 nitrogen and oxygen atoms in total. The van der Waals surface area contributed by atoms with Crippen molar-refractivity contribution >= 4 is 23.3 Å². The van der Waals surface area contributed by atoms with Crippen LogP contribution >= 0.6 is 0 Å². The second kappa shape index (κ2) is 7.54. The molecule has 1 atom stereocenters. The molecule has 0 aromatic heterocycles. The zero-order valence-electron chi connectivity index (χ0n) is 12.5. The minimum Gasteiger partial charge on any atom is -0.346 e. The highest BCUT2D eigenvalue weighted by Gasteiger charge is 2.17. The van der Waals surface area contributed by atoms with Crippen LogP contribution in [0.1, 0.15) is 31.1 Å². The number of hydrogen-bond acceptors (Lipinski definition) is 4. The predicted molar refractivity (Wildman–Crippen MR) is 80.9 cm³/mol. The van der Waals surface area contributed by atoms with Crippen molar-refractivity contribution in [3.63, 3.8) is 0 Å². The first-order chi connectivity index (χ1) is 9.81. The molecule has 0 fully saturated rings. The molecule has 1 aromatic rings. The third-order valence-electron chi connectivity index (χ3n) is 3.00. The summed E-state index contributed by atoms with van der Waals surface area (Å²) in [6.45, 7) is 4.95. The van der Waals surface area contributed by atoms with E-state index in [1.165, 1.54) is 6.92 Å². The summed E-state index contributed by atoms with van der Waals surface area (Å²) in [6, 6.07) is 5.97. The Morgan fingerprint density at radius 2 is 1.90 bits per heavy atom. The Morgan fingerprint density at radius 3 is 2.48 bits per heavy atom. The van der Waals surface area contributed by atoms with Crippen LogP contribution in [0.25, 0.3) is 0 Å². The zero-order valence-corrected chi connectivity index (χ0v) is 12.5. The maximum Gasteiger partial charge on any atom is 0.243 e. The van der Waals surface area contributed by atoms with E-state index in [0.29, 0.717) is 11.3 Å². The first-order valence-corrected chi connectivity index (χ1v) is 6.75. The van der Waals surface area contributed by atoms with Crippen molar-refractivity contribution in [2.45, 2.75) is 26.8 Å². The molecule has 114 valence electrons. The van der Waals surface area contributed by atoms with Crippen molar-refractivity contribution < 1.29 is 14.4 Å². The Bertz CT molecular complexity index is 541. The fourth-order valence-electron chi connectivity index (χ4n) is 1.61. The van der Waals surface area contributed by atoms with E-state index in [4.69, 9.17) is 5.73 Å². The lowest BCUT2D eigenvalue weighted by molar-refractivity contribution is -0.125. The average molecular weight is 291 g/mol. The number of carbonyl (C=O) groups is 3. The molecular formula is C15H21N3O3. The van der Waals surface area contributed by atoms with E-state index in [9.17, 15) is 14.4 Å². The molecular weight excluding hydrogens is 270 g/mol. The summed E-state index contributed by atoms with van der Waals surface area (Å²) in [5.74, 6) is -0.819. The van der Waals surface area contributed by atoms with Crippen molar-refractivity contribution in [1.29, 1.82) is 0 Å². The number of nitrogens with one attached hydrogen (secondary N) is 2. The first-order valence-electron chi connectivity index (χ1n) is 6.75. The summed E-state index contributed by atoms with van der Waals surface area (Å²) in [5.41, 5.74) is 6.69. The summed E-state index contributed by atoms with van der Waals surface area (Å²) in [4.78, 5) is 34.6. The molecule has 1 rings (SSSR count). The Kier molecular flexibility index (Phi) is 6.05. The highest BCUT2D eigenvalue weighted by molar-refractivity contribution is 5.98. The number of benzene rings is 1. The number of Topliss-reactive ketones (excluding diaryl/α,β-unsaturated/α-hetero) is 1. The third kappa shape index (κ3) is 5.35. The van der Waals surface area contributed by atoms with E-state index < -0.39 is 6.04 Å². The lowest BCUT2D eigenvalue weighted by atomic mass is 10.1. The molecule has 0 aliphatic rings. The molecule has 0 aliphatic carbocycles. The van der Waals surface area contributed by atoms with E-state index in [0.717, 1.165) is 0 Å². The zero-order chi connectivity index (χ0) is 16.0. The van der Waals surface area contributed by atoms with Gasteiger partial charge in [0.1, 0.15) is 0 Å². The van der Waals surface area contributed by atoms with Gasteiger partial charge >= 0.3 is 0 Å². The second-order valence-electron chi connectivity index (χ2n) is 5.17. The van der Waals surface area contributed by atoms with Crippen LogP contribution in [0, 0.1) is 5.92 Å². The monoisotopic (exact) mass is 291 g/mol. The molecule has 1 aromatic carbocycles. The van der Waals surface area contributed by atoms with E-state index >= 15 is 0 Å². The molecule has 0 radical (unpaired) electrons. The maximum absolute atomic E-state index is 11.7. The number of amides is 2. The highest BCUT2D eigenvalue weighted by atomic mass is 16.2. The average Bonchev–Trinajstić information content (AvgIpc) is 2.44. The van der Waals surface area contributed by atoms with Gasteiger partial charge in [-0.25, -0.2) is 0 Å². The van der Waals surface area contributed by atoms with Crippen LogP contribution in [-0.2, 0) is 9.59 Å². The summed E-state index contributed by atoms with van der Waals surface area (Å²) >= 11 is 0. The smallest absolute Gasteiger partial charge is 0.243 e. The summed E-state index contributed by atoms with van der Waals surface area (Å²) in [7, 11) is 0. The van der Waals surface area contributed by atoms with Crippen molar-refractivity contribution in [3.05, 3.63) is 29.8 Å². The van der Waals surface area contributed by atoms with Gasteiger partial charge in [0.25, 0.3) is 0 Å². The molecule has 0 saturated carbocycles. The maximum atomic E-state index is 11.7. The van der Waals surface area contributed by atoms with Gasteiger partial charge < -0.3 is 16.4 Å². The molecule has 0 unspecified atom stereocenters. The van der Waals surface area contributed by atoms with Crippen LogP contribution in [0.4, 0.5) is 5.69 Å². The minimum atomic E-state index is -0.640. The molecule has 2 amide bonds. The van der Waals surface area contributed by atoms with Gasteiger partial charge in [-0.1, -0.05) is 26.0 Å². The van der Waals surface area contributed by atoms with Crippen molar-refractivity contribution in [3.8, 4) is 0 Å². The SMILES string of the molecule is CC(=O)c1cccc(NC(=O)CNC(=O)[C@@H](N)C(C)C)c1. The fourth-order valence-corrected chi connectivity index (χ4v) is 1.61. The Balaban J connectivity index is 2.53. The number of nitrogens with two attached hydrogens (primary N) is 1. The van der Waals surface area contributed by atoms with E-state index in [2.05, 4.69) is 10.6 Å². The molecule has 0 aliphatic heterocycles. The molecule has 0 bridgehead atoms. The van der Waals surface area contributed by atoms with Gasteiger partial charge in [-0.05, 0) is 25.0 Å². The topological polar surface area (TPSA) is 101 Å². The van der Waals surface area contributed by atoms with Gasteiger partial charge in [-0.15, -0.1) is 0 Å². The van der Waals surface area contributed by atoms with Crippen LogP contribution in [0.3, 0.4) is 0 Å². The van der Waals surface area contributed by atoms with Crippen LogP contribution in [-0.4, -0.2) is 30.2 Å². The van der Waals surface area contributed by atoms with Gasteiger partial charge in [-0.2, -0.15) is 0 Å². The van der Waals surface area contributed by atoms with E-state index in [1.807, 2.05) is 13.8 Å². The normalized spacial score (nSPS) is 11.9. The van der Waals surface area contributed by atoms with Crippen LogP contribution < -0.4 is 16.4 Å². The molecule has 0 spiro atoms. The number of rotatable bonds is 6. The lowest BCUT2D eigenvalue weighted by Crippen LogP contribution is -2.46. The first kappa shape index (κ1) is 16.8. The van der Waals surface area contributed by atoms with Crippen molar-refractivity contribution in [2.75, 3.05) is 11.9 Å². The number of hydrogen-bond donors (Lipinski definition) is 3. The van der Waals surface area contributed by atoms with Gasteiger partial charge in [0, 0.05) is 11.3 Å². The quantitative estimate of drug-likeness (QED) is 0.678. The van der Waals surface area contributed by atoms with Gasteiger partial charge in [0.05, 0.1) is 12.6 Å². The largest absolute Gasteiger partial charge is 0.346 e. The lowest BCUT2D eigenvalue weighted by Gasteiger charge is -2.15. The van der Waals surface area contributed by atoms with E-state index in [-0.39, 0.29) is 30.1 Å². The molecule has 6 heteroatoms. The van der Waals surface area contributed by atoms with Gasteiger partial charge in [0.15, 0.2) is 5.78 Å². The van der Waals surface area contributed by atoms with Crippen molar-refractivity contribution in [1.82, 2.24) is 5.32 Å². The van der Waals surface area contributed by atoms with Crippen LogP contribution in [0.2, 0.25) is 0 Å². The highest BCUT2D eigenvalue weighted by Crippen LogP contribution is 2.10. The minimum absolute atomic E-state index is 0.000286. The summed E-state index contributed by atoms with van der Waals surface area (Å²) < 4.78 is 0. The third-order valence-corrected chi connectivity index (χ3v) is 3.00. The molecule has 21 heavy (non-hydrogen) atoms. The summed E-state index contributed by atoms with van der Waals surface area (Å²) in [5, 5.41) is 5.09. The van der Waals surface area contributed by atoms with Gasteiger partial charge in [-0.3, -0.25) is 14.4 Å². The van der Waals surface area contributed by atoms with Gasteiger partial charge in [0.2, 0.25) is 11.8 Å². The van der Waals surface area contributed by atoms with Crippen LogP contribution in [0.5, 0.6) is 0 Å². The van der Waals surface area contributed by atoms with Crippen molar-refractivity contribution in [2.24, 2.45) is 11.7 Å². The Labute approximate surface area is 124 Å². The standard InChI is InChI=1S/C15H21N3O3/c1-9(2)14(16)15(21)17-8-13(20)18-12-6-4-5-11(7-12)10(3)19/h4-7,9,14H,8,16H2,1-3H3,(H,17,21)(H,18,20)/t14-/m0/s1.